The van der Waals surface area contributed by atoms with Crippen molar-refractivity contribution < 1.29 is 14.2 Å². The second kappa shape index (κ2) is 21.3. The molecule has 0 saturated carbocycles. The monoisotopic (exact) mass is 526 g/mol. The van der Waals surface area contributed by atoms with Crippen molar-refractivity contribution >= 4 is 0 Å². The average Bonchev–Trinajstić information content (AvgIpc) is 3.23. The summed E-state index contributed by atoms with van der Waals surface area (Å²) in [6.07, 6.45) is 24.7. The summed E-state index contributed by atoms with van der Waals surface area (Å²) in [6, 6.07) is 11.0. The lowest BCUT2D eigenvalue weighted by atomic mass is 10.0. The van der Waals surface area contributed by atoms with E-state index in [2.05, 4.69) is 44.2 Å². The fourth-order valence-electron chi connectivity index (χ4n) is 5.44. The summed E-state index contributed by atoms with van der Waals surface area (Å²) in [5, 5.41) is 0. The highest BCUT2D eigenvalue weighted by molar-refractivity contribution is 5.77. The summed E-state index contributed by atoms with van der Waals surface area (Å²) in [4.78, 5) is 0. The average molecular weight is 527 g/mol. The number of aryl methyl sites for hydroxylation is 2. The van der Waals surface area contributed by atoms with Gasteiger partial charge in [0, 0.05) is 19.3 Å². The molecule has 38 heavy (non-hydrogen) atoms. The topological polar surface area (TPSA) is 27.7 Å². The Morgan fingerprint density at radius 2 is 1.21 bits per heavy atom. The molecule has 3 nitrogen and oxygen atoms in total. The Hall–Kier alpha value is -1.58. The zero-order valence-corrected chi connectivity index (χ0v) is 25.3. The molecule has 0 fully saturated rings. The van der Waals surface area contributed by atoms with Gasteiger partial charge in [0.2, 0.25) is 0 Å². The van der Waals surface area contributed by atoms with Gasteiger partial charge in [0.05, 0.1) is 0 Å². The van der Waals surface area contributed by atoms with Crippen LogP contribution in [-0.4, -0.2) is 26.6 Å². The van der Waals surface area contributed by atoms with Crippen LogP contribution in [0.3, 0.4) is 0 Å². The predicted molar refractivity (Wildman–Crippen MR) is 164 cm³/mol. The number of ether oxygens (including phenoxy) is 3. The van der Waals surface area contributed by atoms with Gasteiger partial charge in [-0.2, -0.15) is 0 Å². The smallest absolute Gasteiger partial charge is 0.191 e. The SMILES string of the molecule is CCCCCCCCCCCCCCCCCCCc1ccc2cc(C)ccc(OCC(OC)OCC)c1-2. The largest absolute Gasteiger partial charge is 0.488 e. The molecule has 0 saturated heterocycles. The maximum atomic E-state index is 6.23. The van der Waals surface area contributed by atoms with Gasteiger partial charge in [-0.25, -0.2) is 0 Å². The zero-order valence-electron chi connectivity index (χ0n) is 25.3. The molecule has 0 radical (unpaired) electrons. The van der Waals surface area contributed by atoms with Crippen LogP contribution in [0.25, 0.3) is 11.1 Å². The third kappa shape index (κ3) is 13.5. The Kier molecular flexibility index (Phi) is 18.3. The van der Waals surface area contributed by atoms with E-state index in [1.54, 1.807) is 7.11 Å². The molecule has 3 heteroatoms. The van der Waals surface area contributed by atoms with Gasteiger partial charge in [0.25, 0.3) is 0 Å². The lowest BCUT2D eigenvalue weighted by Crippen LogP contribution is -2.23. The lowest BCUT2D eigenvalue weighted by molar-refractivity contribution is -0.137. The van der Waals surface area contributed by atoms with E-state index in [0.717, 1.165) is 12.2 Å². The third-order valence-electron chi connectivity index (χ3n) is 7.74. The minimum absolute atomic E-state index is 0.342. The van der Waals surface area contributed by atoms with Crippen LogP contribution in [0.1, 0.15) is 134 Å². The molecule has 0 aromatic heterocycles. The number of unbranched alkanes of at least 4 members (excludes halogenated alkanes) is 16. The van der Waals surface area contributed by atoms with E-state index in [-0.39, 0.29) is 6.29 Å². The zero-order chi connectivity index (χ0) is 27.3. The van der Waals surface area contributed by atoms with Gasteiger partial charge in [-0.1, -0.05) is 139 Å². The van der Waals surface area contributed by atoms with Crippen molar-refractivity contribution in [1.82, 2.24) is 0 Å². The fourth-order valence-corrected chi connectivity index (χ4v) is 5.44. The molecule has 0 bridgehead atoms. The van der Waals surface area contributed by atoms with Crippen LogP contribution >= 0.6 is 0 Å². The molecule has 0 aromatic carbocycles. The normalized spacial score (nSPS) is 12.3. The second-order valence-electron chi connectivity index (χ2n) is 11.1. The number of rotatable bonds is 24. The van der Waals surface area contributed by atoms with E-state index >= 15 is 0 Å². The Balaban J connectivity index is 1.60. The van der Waals surface area contributed by atoms with Crippen LogP contribution in [0.15, 0.2) is 30.3 Å². The highest BCUT2D eigenvalue weighted by Crippen LogP contribution is 2.37. The third-order valence-corrected chi connectivity index (χ3v) is 7.74. The van der Waals surface area contributed by atoms with E-state index in [4.69, 9.17) is 14.2 Å². The highest BCUT2D eigenvalue weighted by atomic mass is 16.7. The van der Waals surface area contributed by atoms with Crippen molar-refractivity contribution in [1.29, 1.82) is 0 Å². The highest BCUT2D eigenvalue weighted by Gasteiger charge is 2.16. The van der Waals surface area contributed by atoms with Crippen molar-refractivity contribution in [3.8, 4) is 16.9 Å². The minimum atomic E-state index is -0.342. The van der Waals surface area contributed by atoms with Crippen molar-refractivity contribution in [3.63, 3.8) is 0 Å². The molecule has 1 atom stereocenters. The number of methoxy groups -OCH3 is 1. The van der Waals surface area contributed by atoms with Crippen LogP contribution in [0.5, 0.6) is 5.75 Å². The van der Waals surface area contributed by atoms with Gasteiger partial charge in [-0.15, -0.1) is 0 Å². The number of hydrogen-bond donors (Lipinski definition) is 0. The first-order valence-corrected chi connectivity index (χ1v) is 16.0. The predicted octanol–water partition coefficient (Wildman–Crippen LogP) is 10.7. The molecule has 216 valence electrons. The van der Waals surface area contributed by atoms with Crippen LogP contribution in [0.4, 0.5) is 0 Å². The summed E-state index contributed by atoms with van der Waals surface area (Å²) in [5.41, 5.74) is 5.15. The quantitative estimate of drug-likeness (QED) is 0.101. The summed E-state index contributed by atoms with van der Waals surface area (Å²) in [5.74, 6) is 0.932. The Morgan fingerprint density at radius 3 is 1.74 bits per heavy atom. The Morgan fingerprint density at radius 1 is 0.658 bits per heavy atom. The van der Waals surface area contributed by atoms with E-state index in [9.17, 15) is 0 Å². The van der Waals surface area contributed by atoms with Crippen molar-refractivity contribution in [2.24, 2.45) is 0 Å². The maximum absolute atomic E-state index is 6.23. The van der Waals surface area contributed by atoms with Crippen molar-refractivity contribution in [3.05, 3.63) is 41.5 Å². The van der Waals surface area contributed by atoms with Crippen molar-refractivity contribution in [2.75, 3.05) is 20.3 Å². The van der Waals surface area contributed by atoms with E-state index < -0.39 is 0 Å². The number of fused-ring (bicyclic) bond motifs is 1. The van der Waals surface area contributed by atoms with Crippen LogP contribution < -0.4 is 4.74 Å². The molecule has 0 amide bonds. The first-order valence-electron chi connectivity index (χ1n) is 16.0. The van der Waals surface area contributed by atoms with E-state index in [1.807, 2.05) is 6.92 Å². The van der Waals surface area contributed by atoms with Gasteiger partial charge in [0.1, 0.15) is 12.4 Å². The summed E-state index contributed by atoms with van der Waals surface area (Å²) in [7, 11) is 1.67. The molecule has 0 N–H and O–H groups in total. The molecule has 2 rings (SSSR count). The molecule has 2 aliphatic rings. The first-order chi connectivity index (χ1) is 18.7. The summed E-state index contributed by atoms with van der Waals surface area (Å²) in [6.45, 7) is 7.42. The summed E-state index contributed by atoms with van der Waals surface area (Å²) < 4.78 is 17.2. The molecule has 0 aliphatic heterocycles. The Bertz CT molecular complexity index is 802. The van der Waals surface area contributed by atoms with Gasteiger partial charge in [-0.05, 0) is 43.9 Å². The molecule has 0 spiro atoms. The van der Waals surface area contributed by atoms with Crippen molar-refractivity contribution in [2.45, 2.75) is 143 Å². The Labute approximate surface area is 235 Å². The standard InChI is InChI=1S/C35H58O3/c1-5-7-8-9-10-11-12-13-14-15-16-17-18-19-20-21-22-23-31-25-26-32-28-30(3)24-27-33(35(31)32)38-29-34(36-4)37-6-2/h24-28,34H,5-23,29H2,1-4H3. The number of hydrogen-bond acceptors (Lipinski definition) is 3. The molecule has 1 unspecified atom stereocenters. The molecule has 0 aromatic rings. The van der Waals surface area contributed by atoms with Gasteiger partial charge in [-0.3, -0.25) is 0 Å². The lowest BCUT2D eigenvalue weighted by Gasteiger charge is -2.17. The fraction of sp³-hybridized carbons (Fsp3) is 0.714. The minimum Gasteiger partial charge on any atom is -0.488 e. The molecular formula is C35H58O3. The van der Waals surface area contributed by atoms with Crippen LogP contribution in [0.2, 0.25) is 0 Å². The molecule has 0 heterocycles. The molecular weight excluding hydrogens is 468 g/mol. The van der Waals surface area contributed by atoms with E-state index in [0.29, 0.717) is 13.2 Å². The second-order valence-corrected chi connectivity index (χ2v) is 11.1. The van der Waals surface area contributed by atoms with Gasteiger partial charge in [0.15, 0.2) is 6.29 Å². The van der Waals surface area contributed by atoms with Crippen LogP contribution in [0, 0.1) is 6.92 Å². The van der Waals surface area contributed by atoms with Gasteiger partial charge >= 0.3 is 0 Å². The first kappa shape index (κ1) is 32.6. The molecule has 2 aliphatic carbocycles. The maximum Gasteiger partial charge on any atom is 0.191 e. The van der Waals surface area contributed by atoms with Crippen LogP contribution in [-0.2, 0) is 15.9 Å². The summed E-state index contributed by atoms with van der Waals surface area (Å²) >= 11 is 0. The van der Waals surface area contributed by atoms with E-state index in [1.165, 1.54) is 131 Å². The van der Waals surface area contributed by atoms with Gasteiger partial charge < -0.3 is 14.2 Å².